The Balaban J connectivity index is 1.56. The van der Waals surface area contributed by atoms with Crippen LogP contribution in [-0.4, -0.2) is 44.6 Å². The molecule has 31 heavy (non-hydrogen) atoms. The maximum absolute atomic E-state index is 12.8. The van der Waals surface area contributed by atoms with E-state index >= 15 is 0 Å². The summed E-state index contributed by atoms with van der Waals surface area (Å²) in [6.45, 7) is 1.74. The molecule has 8 nitrogen and oxygen atoms in total. The van der Waals surface area contributed by atoms with E-state index in [-0.39, 0.29) is 29.0 Å². The summed E-state index contributed by atoms with van der Waals surface area (Å²) in [5, 5.41) is 30.1. The van der Waals surface area contributed by atoms with Gasteiger partial charge < -0.3 is 10.2 Å². The number of aromatic carboxylic acids is 1. The second kappa shape index (κ2) is 8.59. The number of carbonyl (C=O) groups excluding carboxylic acids is 1. The van der Waals surface area contributed by atoms with Crippen molar-refractivity contribution in [3.8, 4) is 16.9 Å². The van der Waals surface area contributed by atoms with Gasteiger partial charge in [0.2, 0.25) is 0 Å². The first-order valence-electron chi connectivity index (χ1n) is 10.3. The third-order valence-electron chi connectivity index (χ3n) is 5.68. The molecule has 2 aromatic rings. The molecule has 0 bridgehead atoms. The molecule has 160 valence electrons. The van der Waals surface area contributed by atoms with Crippen LogP contribution in [0.15, 0.2) is 52.7 Å². The van der Waals surface area contributed by atoms with Gasteiger partial charge in [-0.25, -0.2) is 9.80 Å². The number of phenolic OH excluding ortho intramolecular Hbond substituents is 1. The van der Waals surface area contributed by atoms with E-state index in [1.165, 1.54) is 18.6 Å². The molecule has 0 radical (unpaired) electrons. The lowest BCUT2D eigenvalue weighted by Gasteiger charge is -2.27. The summed E-state index contributed by atoms with van der Waals surface area (Å²) in [5.41, 5.74) is 5.00. The smallest absolute Gasteiger partial charge is 0.335 e. The first-order valence-corrected chi connectivity index (χ1v) is 10.3. The Kier molecular flexibility index (Phi) is 5.70. The van der Waals surface area contributed by atoms with Crippen molar-refractivity contribution >= 4 is 29.0 Å². The summed E-state index contributed by atoms with van der Waals surface area (Å²) in [7, 11) is 0. The number of carboxylic acids is 1. The molecule has 1 saturated carbocycles. The number of hydrogen-bond donors (Lipinski definition) is 3. The van der Waals surface area contributed by atoms with Crippen LogP contribution in [0.1, 0.15) is 49.4 Å². The molecule has 1 heterocycles. The van der Waals surface area contributed by atoms with Crippen LogP contribution in [0.2, 0.25) is 0 Å². The largest absolute Gasteiger partial charge is 0.505 e. The Morgan fingerprint density at radius 2 is 1.90 bits per heavy atom. The number of nitrogens with one attached hydrogen (secondary N) is 1. The predicted octanol–water partition coefficient (Wildman–Crippen LogP) is 4.08. The molecule has 4 rings (SSSR count). The second-order valence-electron chi connectivity index (χ2n) is 7.79. The average molecular weight is 420 g/mol. The number of hydrazone groups is 2. The zero-order valence-electron chi connectivity index (χ0n) is 17.2. The number of aromatic hydroxyl groups is 1. The van der Waals surface area contributed by atoms with E-state index in [9.17, 15) is 19.8 Å². The quantitative estimate of drug-likeness (QED) is 0.498. The number of para-hydroxylation sites is 1. The van der Waals surface area contributed by atoms with E-state index < -0.39 is 5.97 Å². The van der Waals surface area contributed by atoms with E-state index in [1.54, 1.807) is 42.3 Å². The molecule has 0 aromatic heterocycles. The van der Waals surface area contributed by atoms with Gasteiger partial charge in [0.1, 0.15) is 5.75 Å². The number of benzene rings is 2. The molecule has 2 aliphatic rings. The predicted molar refractivity (Wildman–Crippen MR) is 118 cm³/mol. The van der Waals surface area contributed by atoms with E-state index in [0.717, 1.165) is 25.7 Å². The van der Waals surface area contributed by atoms with Gasteiger partial charge in [-0.1, -0.05) is 43.5 Å². The van der Waals surface area contributed by atoms with Crippen LogP contribution in [0, 0.1) is 0 Å². The van der Waals surface area contributed by atoms with Crippen molar-refractivity contribution in [3.63, 3.8) is 0 Å². The van der Waals surface area contributed by atoms with Crippen LogP contribution in [-0.2, 0) is 4.79 Å². The minimum atomic E-state index is -1.04. The summed E-state index contributed by atoms with van der Waals surface area (Å²) in [6.07, 6.45) is 5.27. The molecule has 0 atom stereocenters. The summed E-state index contributed by atoms with van der Waals surface area (Å²) in [5.74, 6) is -1.36. The summed E-state index contributed by atoms with van der Waals surface area (Å²) < 4.78 is 0. The third kappa shape index (κ3) is 4.14. The summed E-state index contributed by atoms with van der Waals surface area (Å²) >= 11 is 0. The zero-order valence-corrected chi connectivity index (χ0v) is 17.2. The van der Waals surface area contributed by atoms with Gasteiger partial charge in [-0.2, -0.15) is 10.2 Å². The molecule has 8 heteroatoms. The Morgan fingerprint density at radius 3 is 2.65 bits per heavy atom. The van der Waals surface area contributed by atoms with Crippen LogP contribution in [0.5, 0.6) is 5.75 Å². The van der Waals surface area contributed by atoms with Crippen molar-refractivity contribution in [2.24, 2.45) is 10.2 Å². The molecule has 1 amide bonds. The topological polar surface area (TPSA) is 115 Å². The number of rotatable bonds is 5. The fourth-order valence-corrected chi connectivity index (χ4v) is 4.02. The highest BCUT2D eigenvalue weighted by Crippen LogP contribution is 2.36. The summed E-state index contributed by atoms with van der Waals surface area (Å²) in [4.78, 5) is 24.1. The minimum Gasteiger partial charge on any atom is -0.505 e. The van der Waals surface area contributed by atoms with Crippen LogP contribution in [0.4, 0.5) is 5.69 Å². The summed E-state index contributed by atoms with van der Waals surface area (Å²) in [6, 6.07) is 11.5. The highest BCUT2D eigenvalue weighted by molar-refractivity contribution is 6.68. The van der Waals surface area contributed by atoms with Gasteiger partial charge in [0.15, 0.2) is 5.71 Å². The Bertz CT molecular complexity index is 1090. The Morgan fingerprint density at radius 1 is 1.16 bits per heavy atom. The molecule has 3 N–H and O–H groups in total. The van der Waals surface area contributed by atoms with Crippen LogP contribution < -0.4 is 5.43 Å². The lowest BCUT2D eigenvalue weighted by Crippen LogP contribution is -2.37. The van der Waals surface area contributed by atoms with E-state index in [1.807, 2.05) is 0 Å². The van der Waals surface area contributed by atoms with Crippen molar-refractivity contribution in [2.75, 3.05) is 5.43 Å². The van der Waals surface area contributed by atoms with Gasteiger partial charge in [0.25, 0.3) is 5.91 Å². The molecule has 0 unspecified atom stereocenters. The van der Waals surface area contributed by atoms with Crippen LogP contribution >= 0.6 is 0 Å². The fourth-order valence-electron chi connectivity index (χ4n) is 4.02. The SMILES string of the molecule is CC1=NN(C2CCCCC2)C(=O)/C1=N\Nc1cccc(-c2cccc(C(=O)O)c2)c1O. The Labute approximate surface area is 179 Å². The maximum Gasteiger partial charge on any atom is 0.335 e. The lowest BCUT2D eigenvalue weighted by molar-refractivity contribution is -0.126. The van der Waals surface area contributed by atoms with Crippen molar-refractivity contribution in [1.29, 1.82) is 0 Å². The molecule has 1 aliphatic heterocycles. The lowest BCUT2D eigenvalue weighted by atomic mass is 9.95. The molecule has 1 aliphatic carbocycles. The molecule has 0 spiro atoms. The molecular formula is C23H24N4O4. The molecule has 2 aromatic carbocycles. The van der Waals surface area contributed by atoms with Gasteiger partial charge in [-0.3, -0.25) is 10.2 Å². The van der Waals surface area contributed by atoms with Crippen molar-refractivity contribution < 1.29 is 19.8 Å². The van der Waals surface area contributed by atoms with Crippen molar-refractivity contribution in [2.45, 2.75) is 45.1 Å². The first kappa shape index (κ1) is 20.6. The molecular weight excluding hydrogens is 396 g/mol. The van der Waals surface area contributed by atoms with Gasteiger partial charge in [-0.15, -0.1) is 0 Å². The molecule has 0 saturated heterocycles. The van der Waals surface area contributed by atoms with Crippen LogP contribution in [0.25, 0.3) is 11.1 Å². The van der Waals surface area contributed by atoms with Gasteiger partial charge in [-0.05, 0) is 43.5 Å². The number of hydrogen-bond acceptors (Lipinski definition) is 6. The van der Waals surface area contributed by atoms with E-state index in [0.29, 0.717) is 22.5 Å². The third-order valence-corrected chi connectivity index (χ3v) is 5.68. The zero-order chi connectivity index (χ0) is 22.0. The van der Waals surface area contributed by atoms with Crippen molar-refractivity contribution in [3.05, 3.63) is 48.0 Å². The van der Waals surface area contributed by atoms with Gasteiger partial charge in [0.05, 0.1) is 23.0 Å². The van der Waals surface area contributed by atoms with Crippen LogP contribution in [0.3, 0.4) is 0 Å². The number of carbonyl (C=O) groups is 2. The second-order valence-corrected chi connectivity index (χ2v) is 7.79. The number of nitrogens with zero attached hydrogens (tertiary/aromatic N) is 3. The number of amides is 1. The fraction of sp³-hybridized carbons (Fsp3) is 0.304. The normalized spacial score (nSPS) is 18.4. The first-order chi connectivity index (χ1) is 15.0. The van der Waals surface area contributed by atoms with Gasteiger partial charge in [0, 0.05) is 5.56 Å². The highest BCUT2D eigenvalue weighted by Gasteiger charge is 2.35. The van der Waals surface area contributed by atoms with Crippen molar-refractivity contribution in [1.82, 2.24) is 5.01 Å². The molecule has 1 fully saturated rings. The Hall–Kier alpha value is -3.68. The standard InChI is InChI=1S/C23H24N4O4/c1-14-20(22(29)27(26-14)17-9-3-2-4-10-17)25-24-19-12-6-11-18(21(19)28)15-7-5-8-16(13-15)23(30)31/h5-8,11-13,17,24,28H,2-4,9-10H2,1H3,(H,30,31)/b25-20-. The van der Waals surface area contributed by atoms with E-state index in [2.05, 4.69) is 15.6 Å². The number of carboxylic acid groups (broad SMARTS) is 1. The number of phenols is 1. The monoisotopic (exact) mass is 420 g/mol. The highest BCUT2D eigenvalue weighted by atomic mass is 16.4. The van der Waals surface area contributed by atoms with E-state index in [4.69, 9.17) is 0 Å². The average Bonchev–Trinajstić information content (AvgIpc) is 3.07. The minimum absolute atomic E-state index is 0.0847. The van der Waals surface area contributed by atoms with Gasteiger partial charge >= 0.3 is 5.97 Å². The maximum atomic E-state index is 12.8. The number of anilines is 1.